The Morgan fingerprint density at radius 3 is 2.63 bits per heavy atom. The Labute approximate surface area is 109 Å². The number of halogens is 2. The summed E-state index contributed by atoms with van der Waals surface area (Å²) in [5.41, 5.74) is -0.728. The Morgan fingerprint density at radius 2 is 2.11 bits per heavy atom. The zero-order valence-electron chi connectivity index (χ0n) is 10.5. The standard InChI is InChI=1S/C12H15F2N3O2/c1-15-6-8-2-3-16(7-8)12-10(13)4-9(17(18)19)5-11(12)14/h4-5,8,15H,2-3,6-7H2,1H3. The molecule has 0 spiro atoms. The summed E-state index contributed by atoms with van der Waals surface area (Å²) in [6, 6.07) is 1.54. The van der Waals surface area contributed by atoms with Crippen LogP contribution in [0.15, 0.2) is 12.1 Å². The third-order valence-corrected chi connectivity index (χ3v) is 3.31. The maximum Gasteiger partial charge on any atom is 0.275 e. The van der Waals surface area contributed by atoms with Crippen LogP contribution in [0.4, 0.5) is 20.2 Å². The highest BCUT2D eigenvalue weighted by Crippen LogP contribution is 2.31. The molecule has 0 aliphatic carbocycles. The molecular formula is C12H15F2N3O2. The van der Waals surface area contributed by atoms with Gasteiger partial charge < -0.3 is 10.2 Å². The Kier molecular flexibility index (Phi) is 3.94. The fourth-order valence-corrected chi connectivity index (χ4v) is 2.45. The van der Waals surface area contributed by atoms with Gasteiger partial charge in [0.15, 0.2) is 11.6 Å². The van der Waals surface area contributed by atoms with Crippen molar-refractivity contribution in [3.8, 4) is 0 Å². The Balaban J connectivity index is 2.24. The minimum atomic E-state index is -0.878. The summed E-state index contributed by atoms with van der Waals surface area (Å²) in [6.45, 7) is 1.89. The van der Waals surface area contributed by atoms with Crippen LogP contribution >= 0.6 is 0 Å². The van der Waals surface area contributed by atoms with Gasteiger partial charge in [-0.2, -0.15) is 0 Å². The number of non-ortho nitro benzene ring substituents is 1. The SMILES string of the molecule is CNCC1CCN(c2c(F)cc([N+](=O)[O-])cc2F)C1. The highest BCUT2D eigenvalue weighted by atomic mass is 19.1. The molecule has 0 bridgehead atoms. The second-order valence-electron chi connectivity index (χ2n) is 4.67. The normalized spacial score (nSPS) is 18.9. The van der Waals surface area contributed by atoms with Crippen LogP contribution in [-0.4, -0.2) is 31.6 Å². The number of hydrogen-bond acceptors (Lipinski definition) is 4. The first-order valence-corrected chi connectivity index (χ1v) is 6.06. The number of nitrogens with one attached hydrogen (secondary N) is 1. The fraction of sp³-hybridized carbons (Fsp3) is 0.500. The summed E-state index contributed by atoms with van der Waals surface area (Å²) >= 11 is 0. The first kappa shape index (κ1) is 13.7. The molecule has 2 rings (SSSR count). The minimum absolute atomic E-state index is 0.163. The molecule has 0 saturated carbocycles. The molecule has 104 valence electrons. The summed E-state index contributed by atoms with van der Waals surface area (Å²) in [6.07, 6.45) is 0.844. The molecule has 0 amide bonds. The lowest BCUT2D eigenvalue weighted by Crippen LogP contribution is -2.25. The molecule has 1 unspecified atom stereocenters. The zero-order chi connectivity index (χ0) is 14.0. The lowest BCUT2D eigenvalue weighted by molar-refractivity contribution is -0.385. The predicted molar refractivity (Wildman–Crippen MR) is 67.3 cm³/mol. The maximum absolute atomic E-state index is 13.8. The van der Waals surface area contributed by atoms with Crippen molar-refractivity contribution in [2.75, 3.05) is 31.6 Å². The highest BCUT2D eigenvalue weighted by molar-refractivity contribution is 5.54. The average Bonchev–Trinajstić information content (AvgIpc) is 2.77. The van der Waals surface area contributed by atoms with Gasteiger partial charge in [0.1, 0.15) is 5.69 Å². The van der Waals surface area contributed by atoms with Crippen LogP contribution in [-0.2, 0) is 0 Å². The third-order valence-electron chi connectivity index (χ3n) is 3.31. The topological polar surface area (TPSA) is 58.4 Å². The van der Waals surface area contributed by atoms with Crippen molar-refractivity contribution in [1.29, 1.82) is 0 Å². The predicted octanol–water partition coefficient (Wildman–Crippen LogP) is 1.92. The Morgan fingerprint density at radius 1 is 1.47 bits per heavy atom. The van der Waals surface area contributed by atoms with Crippen molar-refractivity contribution in [1.82, 2.24) is 5.32 Å². The van der Waals surface area contributed by atoms with Gasteiger partial charge in [-0.25, -0.2) is 8.78 Å². The van der Waals surface area contributed by atoms with Gasteiger partial charge in [0.05, 0.1) is 17.1 Å². The molecule has 1 aromatic rings. The van der Waals surface area contributed by atoms with Gasteiger partial charge in [0.2, 0.25) is 0 Å². The monoisotopic (exact) mass is 271 g/mol. The molecule has 1 heterocycles. The first-order valence-electron chi connectivity index (χ1n) is 6.06. The number of hydrogen-bond donors (Lipinski definition) is 1. The van der Waals surface area contributed by atoms with Crippen LogP contribution in [0.3, 0.4) is 0 Å². The second kappa shape index (κ2) is 5.48. The van der Waals surface area contributed by atoms with E-state index in [1.54, 1.807) is 4.90 Å². The third kappa shape index (κ3) is 2.81. The number of nitro benzene ring substituents is 1. The highest BCUT2D eigenvalue weighted by Gasteiger charge is 2.28. The Bertz CT molecular complexity index is 473. The van der Waals surface area contributed by atoms with Crippen LogP contribution in [0.25, 0.3) is 0 Å². The molecule has 0 radical (unpaired) electrons. The van der Waals surface area contributed by atoms with E-state index in [1.165, 1.54) is 0 Å². The van der Waals surface area contributed by atoms with Crippen molar-refractivity contribution in [3.63, 3.8) is 0 Å². The molecule has 1 aromatic carbocycles. The van der Waals surface area contributed by atoms with Crippen molar-refractivity contribution < 1.29 is 13.7 Å². The van der Waals surface area contributed by atoms with Crippen LogP contribution in [0.2, 0.25) is 0 Å². The molecule has 1 aliphatic heterocycles. The quantitative estimate of drug-likeness (QED) is 0.671. The molecule has 1 saturated heterocycles. The van der Waals surface area contributed by atoms with Gasteiger partial charge in [-0.15, -0.1) is 0 Å². The van der Waals surface area contributed by atoms with Crippen LogP contribution in [0.5, 0.6) is 0 Å². The van der Waals surface area contributed by atoms with Crippen molar-refractivity contribution in [2.45, 2.75) is 6.42 Å². The van der Waals surface area contributed by atoms with E-state index in [-0.39, 0.29) is 5.69 Å². The summed E-state index contributed by atoms with van der Waals surface area (Å²) < 4.78 is 27.7. The summed E-state index contributed by atoms with van der Waals surface area (Å²) in [4.78, 5) is 11.3. The number of nitro groups is 1. The molecule has 1 atom stereocenters. The molecule has 7 heteroatoms. The van der Waals surface area contributed by atoms with Gasteiger partial charge in [-0.1, -0.05) is 0 Å². The molecule has 1 aliphatic rings. The smallest absolute Gasteiger partial charge is 0.275 e. The number of rotatable bonds is 4. The van der Waals surface area contributed by atoms with Gasteiger partial charge in [-0.3, -0.25) is 10.1 Å². The van der Waals surface area contributed by atoms with Gasteiger partial charge in [0.25, 0.3) is 5.69 Å². The molecule has 19 heavy (non-hydrogen) atoms. The average molecular weight is 271 g/mol. The maximum atomic E-state index is 13.8. The second-order valence-corrected chi connectivity index (χ2v) is 4.67. The summed E-state index contributed by atoms with van der Waals surface area (Å²) in [7, 11) is 1.83. The molecule has 1 fully saturated rings. The Hall–Kier alpha value is -1.76. The first-order chi connectivity index (χ1) is 9.02. The molecule has 1 N–H and O–H groups in total. The van der Waals surface area contributed by atoms with E-state index in [4.69, 9.17) is 0 Å². The van der Waals surface area contributed by atoms with E-state index in [9.17, 15) is 18.9 Å². The van der Waals surface area contributed by atoms with Gasteiger partial charge >= 0.3 is 0 Å². The van der Waals surface area contributed by atoms with E-state index < -0.39 is 22.2 Å². The van der Waals surface area contributed by atoms with Gasteiger partial charge in [-0.05, 0) is 25.9 Å². The van der Waals surface area contributed by atoms with E-state index in [0.29, 0.717) is 19.0 Å². The minimum Gasteiger partial charge on any atom is -0.366 e. The van der Waals surface area contributed by atoms with E-state index in [0.717, 1.165) is 25.1 Å². The number of benzene rings is 1. The van der Waals surface area contributed by atoms with Crippen LogP contribution in [0.1, 0.15) is 6.42 Å². The van der Waals surface area contributed by atoms with Crippen LogP contribution in [0, 0.1) is 27.7 Å². The van der Waals surface area contributed by atoms with E-state index >= 15 is 0 Å². The molecule has 0 aromatic heterocycles. The lowest BCUT2D eigenvalue weighted by Gasteiger charge is -2.20. The van der Waals surface area contributed by atoms with Crippen LogP contribution < -0.4 is 10.2 Å². The van der Waals surface area contributed by atoms with Crippen molar-refractivity contribution in [3.05, 3.63) is 33.9 Å². The summed E-state index contributed by atoms with van der Waals surface area (Å²) in [5, 5.41) is 13.6. The van der Waals surface area contributed by atoms with Crippen molar-refractivity contribution in [2.24, 2.45) is 5.92 Å². The molecular weight excluding hydrogens is 256 g/mol. The lowest BCUT2D eigenvalue weighted by atomic mass is 10.1. The van der Waals surface area contributed by atoms with Gasteiger partial charge in [0, 0.05) is 13.1 Å². The largest absolute Gasteiger partial charge is 0.366 e. The fourth-order valence-electron chi connectivity index (χ4n) is 2.45. The van der Waals surface area contributed by atoms with E-state index in [1.807, 2.05) is 7.05 Å². The zero-order valence-corrected chi connectivity index (χ0v) is 10.5. The van der Waals surface area contributed by atoms with E-state index in [2.05, 4.69) is 5.32 Å². The summed E-state index contributed by atoms with van der Waals surface area (Å²) in [5.74, 6) is -1.42. The van der Waals surface area contributed by atoms with Crippen molar-refractivity contribution >= 4 is 11.4 Å². The molecule has 5 nitrogen and oxygen atoms in total. The number of nitrogens with zero attached hydrogens (tertiary/aromatic N) is 2. The number of anilines is 1.